The Hall–Kier alpha value is -7.21. The van der Waals surface area contributed by atoms with Gasteiger partial charge in [0.1, 0.15) is 11.2 Å². The fraction of sp³-hybridized carbons (Fsp3) is 0. The zero-order valence-corrected chi connectivity index (χ0v) is 30.9. The second kappa shape index (κ2) is 13.3. The molecule has 0 amide bonds. The maximum absolute atomic E-state index is 6.76. The second-order valence-electron chi connectivity index (χ2n) is 13.9. The minimum absolute atomic E-state index is 0.687. The lowest BCUT2D eigenvalue weighted by Crippen LogP contribution is -1.96. The summed E-state index contributed by atoms with van der Waals surface area (Å²) in [4.78, 5) is 14.7. The topological polar surface area (TPSA) is 51.8 Å². The molecule has 0 bridgehead atoms. The summed E-state index contributed by atoms with van der Waals surface area (Å²) in [6.45, 7) is 0. The number of rotatable bonds is 6. The summed E-state index contributed by atoms with van der Waals surface area (Å²) in [5, 5.41) is 4.77. The molecule has 0 saturated carbocycles. The summed E-state index contributed by atoms with van der Waals surface area (Å²) in [6, 6.07) is 63.5. The number of para-hydroxylation sites is 1. The van der Waals surface area contributed by atoms with Crippen LogP contribution in [0.5, 0.6) is 0 Å². The Balaban J connectivity index is 1.03. The lowest BCUT2D eigenvalue weighted by molar-refractivity contribution is 0.670. The van der Waals surface area contributed by atoms with Crippen LogP contribution in [0.3, 0.4) is 0 Å². The smallest absolute Gasteiger partial charge is 0.160 e. The van der Waals surface area contributed by atoms with Gasteiger partial charge in [-0.1, -0.05) is 140 Å². The molecule has 0 aliphatic heterocycles. The van der Waals surface area contributed by atoms with E-state index in [1.165, 1.54) is 25.7 Å². The first-order chi connectivity index (χ1) is 27.7. The van der Waals surface area contributed by atoms with Gasteiger partial charge in [0.05, 0.1) is 17.1 Å². The number of pyridine rings is 1. The number of fused-ring (bicyclic) bond motifs is 6. The standard InChI is InChI=1S/C51H31N3OS/c1-2-11-36(12-3-1)51-53-43(31-44(54-51)35-26-24-33(25-27-35)42-16-8-9-30-52-42)34-22-20-32(21-23-34)37-28-29-39(50-49(37)40-13-4-6-17-45(40)55-50)38-15-10-19-47-48(38)41-14-5-7-18-46(41)56-47/h1-31H. The van der Waals surface area contributed by atoms with Gasteiger partial charge in [-0.3, -0.25) is 4.98 Å². The average molecular weight is 734 g/mol. The van der Waals surface area contributed by atoms with E-state index in [4.69, 9.17) is 14.4 Å². The van der Waals surface area contributed by atoms with Crippen LogP contribution in [-0.2, 0) is 0 Å². The molecule has 0 N–H and O–H groups in total. The third kappa shape index (κ3) is 5.48. The minimum Gasteiger partial charge on any atom is -0.455 e. The molecule has 0 unspecified atom stereocenters. The van der Waals surface area contributed by atoms with Crippen molar-refractivity contribution in [2.24, 2.45) is 0 Å². The first kappa shape index (κ1) is 32.2. The van der Waals surface area contributed by atoms with Gasteiger partial charge in [0.25, 0.3) is 0 Å². The molecule has 0 radical (unpaired) electrons. The molecule has 0 atom stereocenters. The highest BCUT2D eigenvalue weighted by molar-refractivity contribution is 7.25. The molecule has 0 saturated heterocycles. The first-order valence-electron chi connectivity index (χ1n) is 18.7. The number of hydrogen-bond donors (Lipinski definition) is 0. The van der Waals surface area contributed by atoms with Crippen molar-refractivity contribution in [3.8, 4) is 67.4 Å². The molecule has 11 rings (SSSR count). The Labute approximate surface area is 327 Å². The molecule has 262 valence electrons. The quantitative estimate of drug-likeness (QED) is 0.171. The van der Waals surface area contributed by atoms with Gasteiger partial charge in [0.2, 0.25) is 0 Å². The van der Waals surface area contributed by atoms with E-state index in [2.05, 4.69) is 145 Å². The largest absolute Gasteiger partial charge is 0.455 e. The highest BCUT2D eigenvalue weighted by atomic mass is 32.1. The second-order valence-corrected chi connectivity index (χ2v) is 15.0. The molecule has 0 fully saturated rings. The molecule has 0 spiro atoms. The van der Waals surface area contributed by atoms with Crippen molar-refractivity contribution in [3.63, 3.8) is 0 Å². The normalized spacial score (nSPS) is 11.6. The number of thiophene rings is 1. The van der Waals surface area contributed by atoms with Gasteiger partial charge in [0.15, 0.2) is 5.82 Å². The van der Waals surface area contributed by atoms with Crippen LogP contribution in [0.25, 0.3) is 110 Å². The molecular formula is C51H31N3OS. The van der Waals surface area contributed by atoms with Crippen LogP contribution in [0.15, 0.2) is 193 Å². The van der Waals surface area contributed by atoms with E-state index in [0.717, 1.165) is 78.0 Å². The fourth-order valence-corrected chi connectivity index (χ4v) is 9.04. The molecule has 0 aliphatic carbocycles. The third-order valence-corrected chi connectivity index (χ3v) is 11.7. The molecular weight excluding hydrogens is 703 g/mol. The van der Waals surface area contributed by atoms with Crippen molar-refractivity contribution in [1.29, 1.82) is 0 Å². The summed E-state index contributed by atoms with van der Waals surface area (Å²) >= 11 is 1.84. The van der Waals surface area contributed by atoms with Gasteiger partial charge < -0.3 is 4.42 Å². The number of nitrogens with zero attached hydrogens (tertiary/aromatic N) is 3. The summed E-state index contributed by atoms with van der Waals surface area (Å²) in [6.07, 6.45) is 1.82. The number of furan rings is 1. The van der Waals surface area contributed by atoms with Crippen molar-refractivity contribution < 1.29 is 4.42 Å². The van der Waals surface area contributed by atoms with E-state index in [9.17, 15) is 0 Å². The third-order valence-electron chi connectivity index (χ3n) is 10.6. The number of aromatic nitrogens is 3. The van der Waals surface area contributed by atoms with Crippen LogP contribution in [0.4, 0.5) is 0 Å². The summed E-state index contributed by atoms with van der Waals surface area (Å²) in [5.74, 6) is 0.687. The van der Waals surface area contributed by atoms with Crippen LogP contribution in [0.1, 0.15) is 0 Å². The van der Waals surface area contributed by atoms with Crippen molar-refractivity contribution in [2.45, 2.75) is 0 Å². The Bertz CT molecular complexity index is 3220. The molecule has 5 heteroatoms. The monoisotopic (exact) mass is 733 g/mol. The maximum Gasteiger partial charge on any atom is 0.160 e. The van der Waals surface area contributed by atoms with Crippen molar-refractivity contribution >= 4 is 53.4 Å². The molecule has 11 aromatic rings. The molecule has 56 heavy (non-hydrogen) atoms. The van der Waals surface area contributed by atoms with Crippen LogP contribution in [0, 0.1) is 0 Å². The van der Waals surface area contributed by atoms with E-state index >= 15 is 0 Å². The van der Waals surface area contributed by atoms with Gasteiger partial charge in [0, 0.05) is 65.0 Å². The fourth-order valence-electron chi connectivity index (χ4n) is 7.91. The number of benzene rings is 7. The molecule has 4 heterocycles. The lowest BCUT2D eigenvalue weighted by Gasteiger charge is -2.12. The Morgan fingerprint density at radius 1 is 0.393 bits per heavy atom. The van der Waals surface area contributed by atoms with E-state index in [0.29, 0.717) is 5.82 Å². The predicted molar refractivity (Wildman–Crippen MR) is 233 cm³/mol. The molecule has 0 aliphatic rings. The van der Waals surface area contributed by atoms with Crippen LogP contribution < -0.4 is 0 Å². The van der Waals surface area contributed by atoms with E-state index in [1.807, 2.05) is 60.0 Å². The van der Waals surface area contributed by atoms with Crippen molar-refractivity contribution in [1.82, 2.24) is 15.0 Å². The molecule has 7 aromatic carbocycles. The van der Waals surface area contributed by atoms with Gasteiger partial charge >= 0.3 is 0 Å². The number of hydrogen-bond acceptors (Lipinski definition) is 5. The Morgan fingerprint density at radius 2 is 1.02 bits per heavy atom. The maximum atomic E-state index is 6.76. The van der Waals surface area contributed by atoms with Gasteiger partial charge in [-0.15, -0.1) is 11.3 Å². The lowest BCUT2D eigenvalue weighted by atomic mass is 9.92. The Kier molecular flexibility index (Phi) is 7.64. The van der Waals surface area contributed by atoms with Gasteiger partial charge in [-0.2, -0.15) is 0 Å². The summed E-state index contributed by atoms with van der Waals surface area (Å²) < 4.78 is 9.32. The highest BCUT2D eigenvalue weighted by Gasteiger charge is 2.20. The van der Waals surface area contributed by atoms with Crippen LogP contribution in [0.2, 0.25) is 0 Å². The van der Waals surface area contributed by atoms with Crippen molar-refractivity contribution in [3.05, 3.63) is 188 Å². The Morgan fingerprint density at radius 3 is 1.77 bits per heavy atom. The van der Waals surface area contributed by atoms with E-state index < -0.39 is 0 Å². The predicted octanol–water partition coefficient (Wildman–Crippen LogP) is 14.1. The van der Waals surface area contributed by atoms with Gasteiger partial charge in [-0.25, -0.2) is 9.97 Å². The molecule has 4 nitrogen and oxygen atoms in total. The SMILES string of the molecule is c1ccc(-c2nc(-c3ccc(-c4ccccn4)cc3)cc(-c3ccc(-c4ccc(-c5cccc6sc7ccccc7c56)c5oc6ccccc6c45)cc3)n2)cc1. The summed E-state index contributed by atoms with van der Waals surface area (Å²) in [7, 11) is 0. The minimum atomic E-state index is 0.687. The highest BCUT2D eigenvalue weighted by Crippen LogP contribution is 2.46. The van der Waals surface area contributed by atoms with E-state index in [1.54, 1.807) is 0 Å². The van der Waals surface area contributed by atoms with Crippen LogP contribution in [-0.4, -0.2) is 15.0 Å². The van der Waals surface area contributed by atoms with E-state index in [-0.39, 0.29) is 0 Å². The van der Waals surface area contributed by atoms with Crippen molar-refractivity contribution in [2.75, 3.05) is 0 Å². The zero-order chi connectivity index (χ0) is 37.0. The summed E-state index contributed by atoms with van der Waals surface area (Å²) in [5.41, 5.74) is 13.0. The van der Waals surface area contributed by atoms with Gasteiger partial charge in [-0.05, 0) is 59.2 Å². The molecule has 4 aromatic heterocycles. The van der Waals surface area contributed by atoms with Crippen LogP contribution >= 0.6 is 11.3 Å². The first-order valence-corrected chi connectivity index (χ1v) is 19.5. The average Bonchev–Trinajstić information content (AvgIpc) is 3.86. The zero-order valence-electron chi connectivity index (χ0n) is 30.1.